The maximum absolute atomic E-state index is 12.6. The summed E-state index contributed by atoms with van der Waals surface area (Å²) in [5.74, 6) is 0.702. The third-order valence-electron chi connectivity index (χ3n) is 6.13. The van der Waals surface area contributed by atoms with Crippen LogP contribution in [0.4, 0.5) is 11.6 Å². The Labute approximate surface area is 234 Å². The molecule has 3 aromatic rings. The van der Waals surface area contributed by atoms with E-state index in [9.17, 15) is 9.59 Å². The monoisotopic (exact) mass is 554 g/mol. The fourth-order valence-corrected chi connectivity index (χ4v) is 3.98. The van der Waals surface area contributed by atoms with Crippen LogP contribution in [-0.2, 0) is 17.8 Å². The summed E-state index contributed by atoms with van der Waals surface area (Å²) in [6, 6.07) is 17.6. The van der Waals surface area contributed by atoms with E-state index in [4.69, 9.17) is 22.1 Å². The number of carbonyl (C=O) groups is 2. The molecule has 0 aliphatic carbocycles. The third-order valence-corrected chi connectivity index (χ3v) is 6.41. The molecule has 2 amide bonds. The van der Waals surface area contributed by atoms with Gasteiger partial charge in [0.2, 0.25) is 5.91 Å². The first kappa shape index (κ1) is 29.7. The Kier molecular flexibility index (Phi) is 10.9. The highest BCUT2D eigenvalue weighted by atomic mass is 35.5. The lowest BCUT2D eigenvalue weighted by molar-refractivity contribution is -0.889. The Balaban J connectivity index is 1.33. The van der Waals surface area contributed by atoms with E-state index >= 15 is 0 Å². The molecule has 0 radical (unpaired) electrons. The number of halogens is 1. The molecule has 1 heterocycles. The van der Waals surface area contributed by atoms with Crippen molar-refractivity contribution >= 4 is 35.1 Å². The summed E-state index contributed by atoms with van der Waals surface area (Å²) in [5, 5.41) is 8.64. The van der Waals surface area contributed by atoms with Gasteiger partial charge in [0.15, 0.2) is 22.5 Å². The van der Waals surface area contributed by atoms with Crippen LogP contribution in [-0.4, -0.2) is 73.6 Å². The number of nitrogen functional groups attached to an aromatic ring is 1. The van der Waals surface area contributed by atoms with E-state index in [1.807, 2.05) is 54.6 Å². The number of hydrogen-bond donors (Lipinski definition) is 4. The molecular weight excluding hydrogens is 518 g/mol. The number of nitrogens with one attached hydrogen (secondary N) is 3. The summed E-state index contributed by atoms with van der Waals surface area (Å²) in [7, 11) is 5.79. The van der Waals surface area contributed by atoms with Crippen LogP contribution in [0.2, 0.25) is 5.15 Å². The zero-order valence-electron chi connectivity index (χ0n) is 22.7. The number of nitrogens with zero attached hydrogens (tertiary/aromatic N) is 3. The standard InChI is InChI=1S/C28H36ClN7O3/c1-31-27-24(34-25(29)26(30)35-27)28(38)33-15-17-36(2,3)16-7-14-32-23(37)18-20-10-12-22(13-11-20)39-19-21-8-5-4-6-9-21/h4-6,8-13H,7,14-19H2,1-3H3,(H4-,30,31,32,33,35,37,38)/p+1. The van der Waals surface area contributed by atoms with E-state index in [1.165, 1.54) is 0 Å². The highest BCUT2D eigenvalue weighted by molar-refractivity contribution is 6.31. The van der Waals surface area contributed by atoms with Crippen molar-refractivity contribution < 1.29 is 18.8 Å². The number of quaternary nitrogens is 1. The molecule has 39 heavy (non-hydrogen) atoms. The number of carbonyl (C=O) groups excluding carboxylic acids is 2. The lowest BCUT2D eigenvalue weighted by atomic mass is 10.1. The summed E-state index contributed by atoms with van der Waals surface area (Å²) in [5.41, 5.74) is 7.79. The van der Waals surface area contributed by atoms with E-state index < -0.39 is 0 Å². The van der Waals surface area contributed by atoms with E-state index in [2.05, 4.69) is 40.0 Å². The fourth-order valence-electron chi connectivity index (χ4n) is 3.86. The van der Waals surface area contributed by atoms with E-state index in [-0.39, 0.29) is 34.3 Å². The molecule has 208 valence electrons. The Bertz CT molecular complexity index is 1240. The highest BCUT2D eigenvalue weighted by Crippen LogP contribution is 2.19. The van der Waals surface area contributed by atoms with Gasteiger partial charge in [-0.05, 0) is 23.3 Å². The summed E-state index contributed by atoms with van der Waals surface area (Å²) < 4.78 is 6.48. The molecule has 11 heteroatoms. The average molecular weight is 555 g/mol. The number of ether oxygens (including phenoxy) is 1. The number of nitrogens with two attached hydrogens (primary N) is 1. The van der Waals surface area contributed by atoms with Crippen LogP contribution in [0.1, 0.15) is 28.0 Å². The van der Waals surface area contributed by atoms with Gasteiger partial charge in [-0.15, -0.1) is 0 Å². The molecule has 0 aliphatic heterocycles. The number of rotatable bonds is 14. The van der Waals surface area contributed by atoms with Gasteiger partial charge in [0.1, 0.15) is 12.4 Å². The Morgan fingerprint density at radius 1 is 0.949 bits per heavy atom. The summed E-state index contributed by atoms with van der Waals surface area (Å²) >= 11 is 5.92. The number of hydrogen-bond acceptors (Lipinski definition) is 7. The lowest BCUT2D eigenvalue weighted by Crippen LogP contribution is -2.46. The van der Waals surface area contributed by atoms with E-state index in [1.54, 1.807) is 7.05 Å². The van der Waals surface area contributed by atoms with Crippen LogP contribution < -0.4 is 26.4 Å². The van der Waals surface area contributed by atoms with E-state index in [0.717, 1.165) is 29.8 Å². The quantitative estimate of drug-likeness (QED) is 0.178. The van der Waals surface area contributed by atoms with Gasteiger partial charge in [-0.3, -0.25) is 9.59 Å². The van der Waals surface area contributed by atoms with Crippen molar-refractivity contribution in [3.63, 3.8) is 0 Å². The van der Waals surface area contributed by atoms with Gasteiger partial charge < -0.3 is 30.9 Å². The van der Waals surface area contributed by atoms with Crippen LogP contribution in [0.3, 0.4) is 0 Å². The second-order valence-electron chi connectivity index (χ2n) is 9.78. The van der Waals surface area contributed by atoms with Gasteiger partial charge in [-0.2, -0.15) is 0 Å². The average Bonchev–Trinajstić information content (AvgIpc) is 2.92. The van der Waals surface area contributed by atoms with Crippen molar-refractivity contribution in [1.29, 1.82) is 0 Å². The van der Waals surface area contributed by atoms with Crippen molar-refractivity contribution in [2.24, 2.45) is 0 Å². The molecule has 1 aromatic heterocycles. The van der Waals surface area contributed by atoms with Gasteiger partial charge in [-0.25, -0.2) is 9.97 Å². The van der Waals surface area contributed by atoms with Crippen molar-refractivity contribution in [1.82, 2.24) is 20.6 Å². The molecule has 0 bridgehead atoms. The molecule has 0 unspecified atom stereocenters. The largest absolute Gasteiger partial charge is 0.489 e. The van der Waals surface area contributed by atoms with Crippen molar-refractivity contribution in [2.45, 2.75) is 19.4 Å². The molecule has 0 fully saturated rings. The second-order valence-corrected chi connectivity index (χ2v) is 10.1. The third kappa shape index (κ3) is 9.73. The predicted molar refractivity (Wildman–Crippen MR) is 154 cm³/mol. The van der Waals surface area contributed by atoms with Crippen LogP contribution in [0.25, 0.3) is 0 Å². The molecule has 3 rings (SSSR count). The van der Waals surface area contributed by atoms with E-state index in [0.29, 0.717) is 37.1 Å². The van der Waals surface area contributed by atoms with Gasteiger partial charge in [0.25, 0.3) is 5.91 Å². The van der Waals surface area contributed by atoms with Crippen LogP contribution in [0, 0.1) is 0 Å². The molecule has 0 atom stereocenters. The van der Waals surface area contributed by atoms with Crippen molar-refractivity contribution in [3.8, 4) is 5.75 Å². The molecule has 0 spiro atoms. The molecule has 0 saturated heterocycles. The number of anilines is 2. The molecule has 2 aromatic carbocycles. The second kappa shape index (κ2) is 14.3. The summed E-state index contributed by atoms with van der Waals surface area (Å²) in [6.07, 6.45) is 1.12. The summed E-state index contributed by atoms with van der Waals surface area (Å²) in [6.45, 7) is 3.06. The normalized spacial score (nSPS) is 11.1. The van der Waals surface area contributed by atoms with Crippen molar-refractivity contribution in [3.05, 3.63) is 76.6 Å². The van der Waals surface area contributed by atoms with Gasteiger partial charge in [0.05, 0.1) is 40.2 Å². The van der Waals surface area contributed by atoms with Gasteiger partial charge in [0, 0.05) is 20.0 Å². The topological polar surface area (TPSA) is 131 Å². The molecule has 10 nitrogen and oxygen atoms in total. The Morgan fingerprint density at radius 3 is 2.36 bits per heavy atom. The highest BCUT2D eigenvalue weighted by Gasteiger charge is 2.19. The number of benzene rings is 2. The predicted octanol–water partition coefficient (Wildman–Crippen LogP) is 2.89. The van der Waals surface area contributed by atoms with Crippen LogP contribution >= 0.6 is 11.6 Å². The first-order chi connectivity index (χ1) is 18.7. The lowest BCUT2D eigenvalue weighted by Gasteiger charge is -2.30. The molecule has 0 aliphatic rings. The minimum Gasteiger partial charge on any atom is -0.489 e. The SMILES string of the molecule is CNc1nc(N)c(Cl)nc1C(=O)NCC[N+](C)(C)CCCNC(=O)Cc1ccc(OCc2ccccc2)cc1. The van der Waals surface area contributed by atoms with Crippen molar-refractivity contribution in [2.75, 3.05) is 58.4 Å². The van der Waals surface area contributed by atoms with Crippen LogP contribution in [0.5, 0.6) is 5.75 Å². The number of aromatic nitrogens is 2. The molecule has 5 N–H and O–H groups in total. The maximum atomic E-state index is 12.6. The summed E-state index contributed by atoms with van der Waals surface area (Å²) in [4.78, 5) is 33.0. The van der Waals surface area contributed by atoms with Crippen LogP contribution in [0.15, 0.2) is 54.6 Å². The number of amides is 2. The minimum atomic E-state index is -0.378. The fraction of sp³-hybridized carbons (Fsp3) is 0.357. The first-order valence-corrected chi connectivity index (χ1v) is 13.2. The Hall–Kier alpha value is -3.89. The molecular formula is C28H37ClN7O3+. The maximum Gasteiger partial charge on any atom is 0.274 e. The van der Waals surface area contributed by atoms with Gasteiger partial charge >= 0.3 is 0 Å². The number of likely N-dealkylation sites (N-methyl/N-ethyl adjacent to an activating group) is 1. The Morgan fingerprint density at radius 2 is 1.67 bits per heavy atom. The zero-order chi connectivity index (χ0) is 28.3. The first-order valence-electron chi connectivity index (χ1n) is 12.8. The molecule has 0 saturated carbocycles. The smallest absolute Gasteiger partial charge is 0.274 e. The van der Waals surface area contributed by atoms with Gasteiger partial charge in [-0.1, -0.05) is 54.1 Å². The zero-order valence-corrected chi connectivity index (χ0v) is 23.4. The minimum absolute atomic E-state index is 0.0119.